The van der Waals surface area contributed by atoms with Gasteiger partial charge in [-0.25, -0.2) is 8.42 Å². The van der Waals surface area contributed by atoms with Crippen LogP contribution in [-0.4, -0.2) is 54.6 Å². The van der Waals surface area contributed by atoms with E-state index in [-0.39, 0.29) is 24.2 Å². The first kappa shape index (κ1) is 13.5. The maximum absolute atomic E-state index is 11.6. The van der Waals surface area contributed by atoms with Gasteiger partial charge in [-0.15, -0.1) is 0 Å². The summed E-state index contributed by atoms with van der Waals surface area (Å²) in [6.45, 7) is 1.10. The SMILES string of the molecule is O=S1(=O)CCCN(C(CO)c2ccccn2)CC1. The fourth-order valence-corrected chi connectivity index (χ4v) is 3.52. The monoisotopic (exact) mass is 270 g/mol. The molecule has 1 aromatic heterocycles. The van der Waals surface area contributed by atoms with Crippen LogP contribution in [-0.2, 0) is 9.84 Å². The molecule has 0 radical (unpaired) electrons. The van der Waals surface area contributed by atoms with Crippen LogP contribution >= 0.6 is 0 Å². The van der Waals surface area contributed by atoms with Crippen molar-refractivity contribution in [3.8, 4) is 0 Å². The van der Waals surface area contributed by atoms with E-state index < -0.39 is 9.84 Å². The molecule has 1 aromatic rings. The second-order valence-electron chi connectivity index (χ2n) is 4.49. The molecule has 1 fully saturated rings. The van der Waals surface area contributed by atoms with Crippen LogP contribution in [0.5, 0.6) is 0 Å². The fraction of sp³-hybridized carbons (Fsp3) is 0.583. The Bertz CT molecular complexity index is 475. The largest absolute Gasteiger partial charge is 0.394 e. The average molecular weight is 270 g/mol. The van der Waals surface area contributed by atoms with E-state index in [9.17, 15) is 13.5 Å². The zero-order chi connectivity index (χ0) is 13.0. The second-order valence-corrected chi connectivity index (χ2v) is 6.80. The maximum atomic E-state index is 11.6. The van der Waals surface area contributed by atoms with E-state index in [0.717, 1.165) is 5.69 Å². The van der Waals surface area contributed by atoms with E-state index >= 15 is 0 Å². The number of hydrogen-bond acceptors (Lipinski definition) is 5. The summed E-state index contributed by atoms with van der Waals surface area (Å²) in [4.78, 5) is 6.25. The highest BCUT2D eigenvalue weighted by molar-refractivity contribution is 7.91. The molecule has 2 rings (SSSR count). The van der Waals surface area contributed by atoms with Crippen LogP contribution in [0.3, 0.4) is 0 Å². The zero-order valence-electron chi connectivity index (χ0n) is 10.2. The lowest BCUT2D eigenvalue weighted by atomic mass is 10.1. The molecule has 0 aliphatic carbocycles. The molecular weight excluding hydrogens is 252 g/mol. The maximum Gasteiger partial charge on any atom is 0.151 e. The van der Waals surface area contributed by atoms with Gasteiger partial charge in [-0.05, 0) is 25.1 Å². The Balaban J connectivity index is 2.14. The molecule has 6 heteroatoms. The molecule has 1 saturated heterocycles. The van der Waals surface area contributed by atoms with Crippen molar-refractivity contribution in [1.82, 2.24) is 9.88 Å². The quantitative estimate of drug-likeness (QED) is 0.851. The molecular formula is C12H18N2O3S. The number of hydrogen-bond donors (Lipinski definition) is 1. The van der Waals surface area contributed by atoms with Crippen LogP contribution in [0.15, 0.2) is 24.4 Å². The van der Waals surface area contributed by atoms with Crippen molar-refractivity contribution in [3.63, 3.8) is 0 Å². The van der Waals surface area contributed by atoms with E-state index in [0.29, 0.717) is 19.5 Å². The molecule has 0 amide bonds. The smallest absolute Gasteiger partial charge is 0.151 e. The van der Waals surface area contributed by atoms with Crippen molar-refractivity contribution in [2.45, 2.75) is 12.5 Å². The summed E-state index contributed by atoms with van der Waals surface area (Å²) < 4.78 is 23.1. The summed E-state index contributed by atoms with van der Waals surface area (Å²) in [6.07, 6.45) is 2.30. The molecule has 0 bridgehead atoms. The number of aliphatic hydroxyl groups excluding tert-OH is 1. The van der Waals surface area contributed by atoms with Crippen molar-refractivity contribution in [2.24, 2.45) is 0 Å². The first-order valence-corrected chi connectivity index (χ1v) is 7.91. The molecule has 5 nitrogen and oxygen atoms in total. The van der Waals surface area contributed by atoms with Crippen molar-refractivity contribution < 1.29 is 13.5 Å². The Morgan fingerprint density at radius 2 is 2.17 bits per heavy atom. The van der Waals surface area contributed by atoms with Crippen LogP contribution in [0.25, 0.3) is 0 Å². The standard InChI is InChI=1S/C12H18N2O3S/c15-10-12(11-4-1-2-5-13-11)14-6-3-8-18(16,17)9-7-14/h1-2,4-5,12,15H,3,6-10H2. The molecule has 1 unspecified atom stereocenters. The normalized spacial score (nSPS) is 22.3. The average Bonchev–Trinajstić information content (AvgIpc) is 2.54. The Labute approximate surface area is 107 Å². The van der Waals surface area contributed by atoms with E-state index in [1.165, 1.54) is 0 Å². The summed E-state index contributed by atoms with van der Waals surface area (Å²) in [5, 5.41) is 9.52. The predicted molar refractivity (Wildman–Crippen MR) is 68.9 cm³/mol. The molecule has 1 aliphatic rings. The van der Waals surface area contributed by atoms with Crippen molar-refractivity contribution in [2.75, 3.05) is 31.2 Å². The van der Waals surface area contributed by atoms with Gasteiger partial charge < -0.3 is 5.11 Å². The Kier molecular flexibility index (Phi) is 4.31. The van der Waals surface area contributed by atoms with Gasteiger partial charge in [0.05, 0.1) is 29.8 Å². The molecule has 100 valence electrons. The molecule has 1 aliphatic heterocycles. The molecule has 0 aromatic carbocycles. The first-order valence-electron chi connectivity index (χ1n) is 6.08. The van der Waals surface area contributed by atoms with Crippen molar-refractivity contribution in [1.29, 1.82) is 0 Å². The molecule has 1 atom stereocenters. The summed E-state index contributed by atoms with van der Waals surface area (Å²) >= 11 is 0. The minimum atomic E-state index is -2.92. The third kappa shape index (κ3) is 3.28. The Morgan fingerprint density at radius 3 is 2.83 bits per heavy atom. The third-order valence-electron chi connectivity index (χ3n) is 3.23. The second kappa shape index (κ2) is 5.77. The van der Waals surface area contributed by atoms with Crippen LogP contribution in [0.4, 0.5) is 0 Å². The van der Waals surface area contributed by atoms with E-state index in [2.05, 4.69) is 4.98 Å². The summed E-state index contributed by atoms with van der Waals surface area (Å²) in [7, 11) is -2.92. The summed E-state index contributed by atoms with van der Waals surface area (Å²) in [5.74, 6) is 0.403. The predicted octanol–water partition coefficient (Wildman–Crippen LogP) is 0.236. The van der Waals surface area contributed by atoms with Gasteiger partial charge in [0.25, 0.3) is 0 Å². The number of nitrogens with zero attached hydrogens (tertiary/aromatic N) is 2. The van der Waals surface area contributed by atoms with Gasteiger partial charge in [0, 0.05) is 12.7 Å². The van der Waals surface area contributed by atoms with Gasteiger partial charge in [-0.2, -0.15) is 0 Å². The fourth-order valence-electron chi connectivity index (χ4n) is 2.24. The number of sulfone groups is 1. The molecule has 0 spiro atoms. The van der Waals surface area contributed by atoms with Crippen LogP contribution in [0.2, 0.25) is 0 Å². The van der Waals surface area contributed by atoms with Gasteiger partial charge in [0.15, 0.2) is 9.84 Å². The minimum absolute atomic E-state index is 0.0446. The highest BCUT2D eigenvalue weighted by atomic mass is 32.2. The topological polar surface area (TPSA) is 70.5 Å². The minimum Gasteiger partial charge on any atom is -0.394 e. The zero-order valence-corrected chi connectivity index (χ0v) is 11.0. The summed E-state index contributed by atoms with van der Waals surface area (Å²) in [5.41, 5.74) is 0.791. The Morgan fingerprint density at radius 1 is 1.33 bits per heavy atom. The van der Waals surface area contributed by atoms with Gasteiger partial charge >= 0.3 is 0 Å². The molecule has 1 N–H and O–H groups in total. The van der Waals surface area contributed by atoms with Gasteiger partial charge in [0.2, 0.25) is 0 Å². The lowest BCUT2D eigenvalue weighted by Crippen LogP contribution is -2.34. The highest BCUT2D eigenvalue weighted by Gasteiger charge is 2.25. The third-order valence-corrected chi connectivity index (χ3v) is 4.95. The Hall–Kier alpha value is -0.980. The van der Waals surface area contributed by atoms with E-state index in [4.69, 9.17) is 0 Å². The van der Waals surface area contributed by atoms with Crippen LogP contribution in [0.1, 0.15) is 18.2 Å². The van der Waals surface area contributed by atoms with Crippen molar-refractivity contribution in [3.05, 3.63) is 30.1 Å². The van der Waals surface area contributed by atoms with Gasteiger partial charge in [-0.3, -0.25) is 9.88 Å². The lowest BCUT2D eigenvalue weighted by molar-refractivity contribution is 0.128. The molecule has 18 heavy (non-hydrogen) atoms. The molecule has 0 saturated carbocycles. The number of pyridine rings is 1. The first-order chi connectivity index (χ1) is 8.62. The van der Waals surface area contributed by atoms with Gasteiger partial charge in [0.1, 0.15) is 0 Å². The van der Waals surface area contributed by atoms with E-state index in [1.54, 1.807) is 6.20 Å². The van der Waals surface area contributed by atoms with E-state index in [1.807, 2.05) is 23.1 Å². The number of aliphatic hydroxyl groups is 1. The lowest BCUT2D eigenvalue weighted by Gasteiger charge is -2.28. The van der Waals surface area contributed by atoms with Crippen LogP contribution in [0, 0.1) is 0 Å². The summed E-state index contributed by atoms with van der Waals surface area (Å²) in [6, 6.07) is 5.35. The number of aromatic nitrogens is 1. The highest BCUT2D eigenvalue weighted by Crippen LogP contribution is 2.20. The molecule has 2 heterocycles. The van der Waals surface area contributed by atoms with Crippen molar-refractivity contribution >= 4 is 9.84 Å². The van der Waals surface area contributed by atoms with Gasteiger partial charge in [-0.1, -0.05) is 6.07 Å². The van der Waals surface area contributed by atoms with Crippen LogP contribution < -0.4 is 0 Å². The number of rotatable bonds is 3.